The zero-order valence-electron chi connectivity index (χ0n) is 11.3. The Morgan fingerprint density at radius 2 is 2.05 bits per heavy atom. The van der Waals surface area contributed by atoms with Crippen molar-refractivity contribution in [1.82, 2.24) is 9.88 Å². The Morgan fingerprint density at radius 1 is 1.35 bits per heavy atom. The molecule has 1 aliphatic heterocycles. The number of hydrogen-bond acceptors (Lipinski definition) is 5. The first-order valence-corrected chi connectivity index (χ1v) is 7.72. The molecule has 1 aromatic heterocycles. The van der Waals surface area contributed by atoms with Gasteiger partial charge in [0.15, 0.2) is 0 Å². The number of rotatable bonds is 5. The molecule has 1 aromatic rings. The number of aromatic nitrogens is 1. The van der Waals surface area contributed by atoms with Crippen LogP contribution in [0.4, 0.5) is 11.5 Å². The highest BCUT2D eigenvalue weighted by Gasteiger charge is 2.16. The minimum absolute atomic E-state index is 0.00948. The Balaban J connectivity index is 1.88. The third-order valence-corrected chi connectivity index (χ3v) is 3.88. The number of pyridine rings is 1. The summed E-state index contributed by atoms with van der Waals surface area (Å²) < 4.78 is 0.613. The molecule has 6 nitrogen and oxygen atoms in total. The monoisotopic (exact) mass is 342 g/mol. The summed E-state index contributed by atoms with van der Waals surface area (Å²) in [5, 5.41) is 14.1. The van der Waals surface area contributed by atoms with Crippen LogP contribution in [0, 0.1) is 10.1 Å². The Labute approximate surface area is 126 Å². The topological polar surface area (TPSA) is 71.3 Å². The van der Waals surface area contributed by atoms with Gasteiger partial charge in [0.1, 0.15) is 0 Å². The Bertz CT molecular complexity index is 462. The maximum absolute atomic E-state index is 11.0. The fourth-order valence-electron chi connectivity index (χ4n) is 2.40. The molecule has 110 valence electrons. The van der Waals surface area contributed by atoms with Crippen molar-refractivity contribution in [2.75, 3.05) is 31.5 Å². The normalized spacial score (nSPS) is 16.6. The van der Waals surface area contributed by atoms with Crippen molar-refractivity contribution in [3.05, 3.63) is 26.9 Å². The molecular formula is C13H19BrN4O2. The van der Waals surface area contributed by atoms with Crippen LogP contribution < -0.4 is 5.32 Å². The molecule has 2 rings (SSSR count). The predicted octanol–water partition coefficient (Wildman–Crippen LogP) is 3.04. The van der Waals surface area contributed by atoms with Crippen molar-refractivity contribution < 1.29 is 4.92 Å². The SMILES string of the molecule is O=[N+]([O-])c1cc(Br)cnc1NCCN1CCCCCC1. The molecule has 0 amide bonds. The second-order valence-corrected chi connectivity index (χ2v) is 5.88. The molecule has 0 aliphatic carbocycles. The highest BCUT2D eigenvalue weighted by molar-refractivity contribution is 9.10. The second-order valence-electron chi connectivity index (χ2n) is 4.96. The van der Waals surface area contributed by atoms with Crippen molar-refractivity contribution in [2.24, 2.45) is 0 Å². The van der Waals surface area contributed by atoms with E-state index in [9.17, 15) is 10.1 Å². The fourth-order valence-corrected chi connectivity index (χ4v) is 2.72. The first-order valence-electron chi connectivity index (χ1n) is 6.93. The molecule has 7 heteroatoms. The van der Waals surface area contributed by atoms with Crippen molar-refractivity contribution in [3.63, 3.8) is 0 Å². The minimum Gasteiger partial charge on any atom is -0.363 e. The van der Waals surface area contributed by atoms with Gasteiger partial charge in [-0.05, 0) is 41.9 Å². The number of anilines is 1. The van der Waals surface area contributed by atoms with Crippen LogP contribution in [0.25, 0.3) is 0 Å². The molecule has 0 radical (unpaired) electrons. The summed E-state index contributed by atoms with van der Waals surface area (Å²) in [6.07, 6.45) is 6.68. The Morgan fingerprint density at radius 3 is 2.70 bits per heavy atom. The molecule has 0 saturated carbocycles. The van der Waals surface area contributed by atoms with E-state index in [0.29, 0.717) is 16.8 Å². The van der Waals surface area contributed by atoms with Gasteiger partial charge in [0.05, 0.1) is 4.92 Å². The van der Waals surface area contributed by atoms with Crippen molar-refractivity contribution in [1.29, 1.82) is 0 Å². The second kappa shape index (κ2) is 7.54. The summed E-state index contributed by atoms with van der Waals surface area (Å²) in [6.45, 7) is 3.82. The molecule has 20 heavy (non-hydrogen) atoms. The lowest BCUT2D eigenvalue weighted by Crippen LogP contribution is -2.30. The summed E-state index contributed by atoms with van der Waals surface area (Å²) in [6, 6.07) is 1.47. The molecule has 0 spiro atoms. The van der Waals surface area contributed by atoms with Gasteiger partial charge in [0.2, 0.25) is 5.82 Å². The van der Waals surface area contributed by atoms with Gasteiger partial charge in [-0.2, -0.15) is 0 Å². The summed E-state index contributed by atoms with van der Waals surface area (Å²) >= 11 is 3.20. The van der Waals surface area contributed by atoms with Crippen molar-refractivity contribution >= 4 is 27.4 Å². The van der Waals surface area contributed by atoms with Gasteiger partial charge in [-0.25, -0.2) is 4.98 Å². The van der Waals surface area contributed by atoms with Crippen LogP contribution in [0.5, 0.6) is 0 Å². The Kier molecular flexibility index (Phi) is 5.72. The summed E-state index contributed by atoms with van der Waals surface area (Å²) in [4.78, 5) is 17.1. The zero-order valence-corrected chi connectivity index (χ0v) is 12.9. The third kappa shape index (κ3) is 4.42. The van der Waals surface area contributed by atoms with Gasteiger partial charge < -0.3 is 10.2 Å². The van der Waals surface area contributed by atoms with Gasteiger partial charge >= 0.3 is 5.69 Å². The lowest BCUT2D eigenvalue weighted by atomic mass is 10.2. The first-order chi connectivity index (χ1) is 9.66. The van der Waals surface area contributed by atoms with Gasteiger partial charge in [-0.3, -0.25) is 10.1 Å². The molecule has 1 fully saturated rings. The maximum atomic E-state index is 11.0. The lowest BCUT2D eigenvalue weighted by Gasteiger charge is -2.19. The van der Waals surface area contributed by atoms with E-state index in [2.05, 4.69) is 31.1 Å². The van der Waals surface area contributed by atoms with Gasteiger partial charge in [0, 0.05) is 29.8 Å². The Hall–Kier alpha value is -1.21. The molecule has 2 heterocycles. The first kappa shape index (κ1) is 15.2. The molecule has 1 saturated heterocycles. The number of nitro groups is 1. The average molecular weight is 343 g/mol. The largest absolute Gasteiger partial charge is 0.363 e. The van der Waals surface area contributed by atoms with Crippen LogP contribution in [-0.4, -0.2) is 41.0 Å². The molecule has 0 aromatic carbocycles. The van der Waals surface area contributed by atoms with E-state index in [-0.39, 0.29) is 5.69 Å². The van der Waals surface area contributed by atoms with E-state index in [1.165, 1.54) is 31.7 Å². The van der Waals surface area contributed by atoms with Crippen LogP contribution in [0.2, 0.25) is 0 Å². The van der Waals surface area contributed by atoms with Crippen LogP contribution >= 0.6 is 15.9 Å². The molecular weight excluding hydrogens is 324 g/mol. The molecule has 1 aliphatic rings. The summed E-state index contributed by atoms with van der Waals surface area (Å²) in [5.74, 6) is 0.341. The van der Waals surface area contributed by atoms with E-state index in [1.807, 2.05) is 0 Å². The molecule has 0 bridgehead atoms. The van der Waals surface area contributed by atoms with E-state index >= 15 is 0 Å². The fraction of sp³-hybridized carbons (Fsp3) is 0.615. The van der Waals surface area contributed by atoms with E-state index in [4.69, 9.17) is 0 Å². The third-order valence-electron chi connectivity index (χ3n) is 3.45. The number of hydrogen-bond donors (Lipinski definition) is 1. The lowest BCUT2D eigenvalue weighted by molar-refractivity contribution is -0.384. The van der Waals surface area contributed by atoms with E-state index in [0.717, 1.165) is 19.6 Å². The minimum atomic E-state index is -0.411. The quantitative estimate of drug-likeness (QED) is 0.657. The number of nitrogens with one attached hydrogen (secondary N) is 1. The van der Waals surface area contributed by atoms with Gasteiger partial charge in [-0.15, -0.1) is 0 Å². The smallest absolute Gasteiger partial charge is 0.312 e. The molecule has 0 unspecified atom stereocenters. The van der Waals surface area contributed by atoms with Crippen LogP contribution in [-0.2, 0) is 0 Å². The molecule has 1 N–H and O–H groups in total. The summed E-state index contributed by atoms with van der Waals surface area (Å²) in [7, 11) is 0. The van der Waals surface area contributed by atoms with Crippen LogP contribution in [0.3, 0.4) is 0 Å². The van der Waals surface area contributed by atoms with Crippen molar-refractivity contribution in [2.45, 2.75) is 25.7 Å². The highest BCUT2D eigenvalue weighted by Crippen LogP contribution is 2.25. The number of halogens is 1. The van der Waals surface area contributed by atoms with Crippen molar-refractivity contribution in [3.8, 4) is 0 Å². The van der Waals surface area contributed by atoms with Gasteiger partial charge in [0.25, 0.3) is 0 Å². The predicted molar refractivity (Wildman–Crippen MR) is 82.0 cm³/mol. The number of likely N-dealkylation sites (tertiary alicyclic amines) is 1. The maximum Gasteiger partial charge on any atom is 0.312 e. The number of nitrogens with zero attached hydrogens (tertiary/aromatic N) is 3. The molecule has 0 atom stereocenters. The zero-order chi connectivity index (χ0) is 14.4. The average Bonchev–Trinajstić information content (AvgIpc) is 2.69. The summed E-state index contributed by atoms with van der Waals surface area (Å²) in [5.41, 5.74) is 0.00948. The highest BCUT2D eigenvalue weighted by atomic mass is 79.9. The van der Waals surface area contributed by atoms with E-state index in [1.54, 1.807) is 6.20 Å². The van der Waals surface area contributed by atoms with Crippen LogP contribution in [0.15, 0.2) is 16.7 Å². The van der Waals surface area contributed by atoms with Gasteiger partial charge in [-0.1, -0.05) is 12.8 Å². The van der Waals surface area contributed by atoms with E-state index < -0.39 is 4.92 Å². The van der Waals surface area contributed by atoms with Crippen LogP contribution in [0.1, 0.15) is 25.7 Å². The standard InChI is InChI=1S/C13H19BrN4O2/c14-11-9-12(18(19)20)13(16-10-11)15-5-8-17-6-3-1-2-4-7-17/h9-10H,1-8H2,(H,15,16).